The van der Waals surface area contributed by atoms with Crippen LogP contribution >= 0.6 is 0 Å². The number of benzene rings is 2. The lowest BCUT2D eigenvalue weighted by Crippen LogP contribution is -2.58. The highest BCUT2D eigenvalue weighted by molar-refractivity contribution is 7.89. The summed E-state index contributed by atoms with van der Waals surface area (Å²) in [5.74, 6) is -1.20. The average Bonchev–Trinajstić information content (AvgIpc) is 3.22. The van der Waals surface area contributed by atoms with E-state index in [2.05, 4.69) is 15.4 Å². The Kier molecular flexibility index (Phi) is 7.24. The predicted octanol–water partition coefficient (Wildman–Crippen LogP) is 1.28. The zero-order valence-corrected chi connectivity index (χ0v) is 19.2. The highest BCUT2D eigenvalue weighted by atomic mass is 32.2. The second-order valence-corrected chi connectivity index (χ2v) is 10.3. The second kappa shape index (κ2) is 10.2. The molecule has 4 rings (SSSR count). The fourth-order valence-electron chi connectivity index (χ4n) is 4.42. The van der Waals surface area contributed by atoms with Crippen LogP contribution in [0.4, 0.5) is 8.78 Å². The third kappa shape index (κ3) is 5.78. The summed E-state index contributed by atoms with van der Waals surface area (Å²) < 4.78 is 54.1. The first-order chi connectivity index (χ1) is 16.2. The van der Waals surface area contributed by atoms with E-state index >= 15 is 0 Å². The summed E-state index contributed by atoms with van der Waals surface area (Å²) in [6.07, 6.45) is 1.03. The molecule has 182 valence electrons. The third-order valence-corrected chi connectivity index (χ3v) is 7.71. The van der Waals surface area contributed by atoms with E-state index in [-0.39, 0.29) is 35.0 Å². The number of rotatable bonds is 8. The number of hydrogen-bond acceptors (Lipinski definition) is 5. The van der Waals surface area contributed by atoms with Crippen LogP contribution in [0.15, 0.2) is 53.4 Å². The van der Waals surface area contributed by atoms with Crippen LogP contribution in [0.2, 0.25) is 0 Å². The van der Waals surface area contributed by atoms with Crippen LogP contribution in [0.5, 0.6) is 0 Å². The molecule has 0 aromatic heterocycles. The molecule has 0 bridgehead atoms. The van der Waals surface area contributed by atoms with Gasteiger partial charge in [-0.1, -0.05) is 12.1 Å². The fraction of sp³-hybridized carbons (Fsp3) is 0.391. The molecule has 2 saturated heterocycles. The van der Waals surface area contributed by atoms with Gasteiger partial charge < -0.3 is 10.6 Å². The zero-order chi connectivity index (χ0) is 24.3. The van der Waals surface area contributed by atoms with E-state index in [9.17, 15) is 26.8 Å². The van der Waals surface area contributed by atoms with Gasteiger partial charge in [0.15, 0.2) is 0 Å². The number of nitrogens with one attached hydrogen (secondary N) is 3. The summed E-state index contributed by atoms with van der Waals surface area (Å²) in [5.41, 5.74) is 0.788. The second-order valence-electron chi connectivity index (χ2n) is 8.56. The van der Waals surface area contributed by atoms with Gasteiger partial charge in [-0.25, -0.2) is 21.9 Å². The van der Waals surface area contributed by atoms with Gasteiger partial charge in [-0.2, -0.15) is 0 Å². The molecule has 2 aromatic carbocycles. The van der Waals surface area contributed by atoms with Crippen LogP contribution in [0.1, 0.15) is 24.8 Å². The number of hydrogen-bond donors (Lipinski definition) is 3. The van der Waals surface area contributed by atoms with Gasteiger partial charge in [0.2, 0.25) is 21.8 Å². The molecule has 8 nitrogen and oxygen atoms in total. The molecule has 11 heteroatoms. The summed E-state index contributed by atoms with van der Waals surface area (Å²) in [6.45, 7) is 0.998. The SMILES string of the molecule is O=C(CCC1CNC(=O)C2CC(NS(=O)(=O)c3ccc(F)cc3)CN12)NCc1ccc(F)cc1. The largest absolute Gasteiger partial charge is 0.353 e. The summed E-state index contributed by atoms with van der Waals surface area (Å²) >= 11 is 0. The number of halogens is 2. The van der Waals surface area contributed by atoms with Crippen molar-refractivity contribution in [3.8, 4) is 0 Å². The molecule has 0 saturated carbocycles. The van der Waals surface area contributed by atoms with Gasteiger partial charge in [0.1, 0.15) is 11.6 Å². The van der Waals surface area contributed by atoms with Gasteiger partial charge in [-0.3, -0.25) is 14.5 Å². The molecule has 0 spiro atoms. The Morgan fingerprint density at radius 2 is 1.71 bits per heavy atom. The highest BCUT2D eigenvalue weighted by Gasteiger charge is 2.44. The van der Waals surface area contributed by atoms with Crippen molar-refractivity contribution in [2.75, 3.05) is 13.1 Å². The van der Waals surface area contributed by atoms with Crippen molar-refractivity contribution >= 4 is 21.8 Å². The van der Waals surface area contributed by atoms with Crippen molar-refractivity contribution in [3.63, 3.8) is 0 Å². The van der Waals surface area contributed by atoms with Gasteiger partial charge in [-0.15, -0.1) is 0 Å². The fourth-order valence-corrected chi connectivity index (χ4v) is 5.66. The molecule has 3 unspecified atom stereocenters. The van der Waals surface area contributed by atoms with Crippen LogP contribution in [-0.4, -0.2) is 56.3 Å². The molecule has 34 heavy (non-hydrogen) atoms. The minimum atomic E-state index is -3.86. The Labute approximate surface area is 196 Å². The Balaban J connectivity index is 1.32. The minimum Gasteiger partial charge on any atom is -0.353 e. The molecular formula is C23H26F2N4O4S. The first-order valence-electron chi connectivity index (χ1n) is 11.0. The van der Waals surface area contributed by atoms with Crippen molar-refractivity contribution < 1.29 is 26.8 Å². The number of sulfonamides is 1. The van der Waals surface area contributed by atoms with Crippen LogP contribution in [0, 0.1) is 11.6 Å². The molecule has 3 N–H and O–H groups in total. The van der Waals surface area contributed by atoms with Crippen molar-refractivity contribution in [2.24, 2.45) is 0 Å². The number of piperazine rings is 1. The van der Waals surface area contributed by atoms with Crippen molar-refractivity contribution in [3.05, 3.63) is 65.7 Å². The van der Waals surface area contributed by atoms with Gasteiger partial charge in [-0.05, 0) is 54.8 Å². The number of amides is 2. The average molecular weight is 493 g/mol. The van der Waals surface area contributed by atoms with Crippen molar-refractivity contribution in [2.45, 2.75) is 48.8 Å². The molecule has 2 fully saturated rings. The van der Waals surface area contributed by atoms with Gasteiger partial charge in [0, 0.05) is 38.1 Å². The highest BCUT2D eigenvalue weighted by Crippen LogP contribution is 2.27. The Hall–Kier alpha value is -2.89. The number of carbonyl (C=O) groups excluding carboxylic acids is 2. The van der Waals surface area contributed by atoms with E-state index in [0.717, 1.165) is 17.7 Å². The molecule has 0 radical (unpaired) electrons. The van der Waals surface area contributed by atoms with E-state index in [1.165, 1.54) is 24.3 Å². The van der Waals surface area contributed by atoms with E-state index < -0.39 is 27.9 Å². The number of carbonyl (C=O) groups is 2. The summed E-state index contributed by atoms with van der Waals surface area (Å²) in [6, 6.07) is 9.35. The zero-order valence-electron chi connectivity index (χ0n) is 18.3. The third-order valence-electron chi connectivity index (χ3n) is 6.18. The topological polar surface area (TPSA) is 108 Å². The van der Waals surface area contributed by atoms with Gasteiger partial charge in [0.05, 0.1) is 10.9 Å². The molecular weight excluding hydrogens is 466 g/mol. The molecule has 2 aliphatic heterocycles. The lowest BCUT2D eigenvalue weighted by molar-refractivity contribution is -0.129. The summed E-state index contributed by atoms with van der Waals surface area (Å²) in [4.78, 5) is 26.6. The van der Waals surface area contributed by atoms with E-state index in [4.69, 9.17) is 0 Å². The molecule has 2 aliphatic rings. The van der Waals surface area contributed by atoms with E-state index in [0.29, 0.717) is 32.5 Å². The Bertz CT molecular complexity index is 1140. The van der Waals surface area contributed by atoms with Crippen molar-refractivity contribution in [1.29, 1.82) is 0 Å². The lowest BCUT2D eigenvalue weighted by Gasteiger charge is -2.37. The maximum atomic E-state index is 13.1. The summed E-state index contributed by atoms with van der Waals surface area (Å²) in [7, 11) is -3.86. The normalized spacial score (nSPS) is 22.8. The number of nitrogens with zero attached hydrogens (tertiary/aromatic N) is 1. The molecule has 2 aromatic rings. The Morgan fingerprint density at radius 1 is 1.06 bits per heavy atom. The smallest absolute Gasteiger partial charge is 0.240 e. The molecule has 3 atom stereocenters. The maximum Gasteiger partial charge on any atom is 0.240 e. The van der Waals surface area contributed by atoms with Crippen molar-refractivity contribution in [1.82, 2.24) is 20.3 Å². The quantitative estimate of drug-likeness (QED) is 0.515. The first-order valence-corrected chi connectivity index (χ1v) is 12.5. The minimum absolute atomic E-state index is 0.0439. The lowest BCUT2D eigenvalue weighted by atomic mass is 10.0. The summed E-state index contributed by atoms with van der Waals surface area (Å²) in [5, 5.41) is 5.65. The van der Waals surface area contributed by atoms with Crippen LogP contribution in [-0.2, 0) is 26.2 Å². The van der Waals surface area contributed by atoms with Crippen LogP contribution in [0.25, 0.3) is 0 Å². The predicted molar refractivity (Wildman–Crippen MR) is 120 cm³/mol. The number of fused-ring (bicyclic) bond motifs is 1. The monoisotopic (exact) mass is 492 g/mol. The molecule has 2 heterocycles. The van der Waals surface area contributed by atoms with Gasteiger partial charge in [0.25, 0.3) is 0 Å². The van der Waals surface area contributed by atoms with Crippen LogP contribution < -0.4 is 15.4 Å². The van der Waals surface area contributed by atoms with Gasteiger partial charge >= 0.3 is 0 Å². The van der Waals surface area contributed by atoms with Crippen LogP contribution in [0.3, 0.4) is 0 Å². The molecule has 2 amide bonds. The standard InChI is InChI=1S/C23H26F2N4O4S/c24-16-3-1-15(2-4-16)12-26-22(30)10-7-19-13-27-23(31)21-11-18(14-29(19)21)28-34(32,33)20-8-5-17(25)6-9-20/h1-6,8-9,18-19,21,28H,7,10-14H2,(H,26,30)(H,27,31). The first kappa shape index (κ1) is 24.2. The Morgan fingerprint density at radius 3 is 2.38 bits per heavy atom. The van der Waals surface area contributed by atoms with E-state index in [1.54, 1.807) is 12.1 Å². The van der Waals surface area contributed by atoms with E-state index in [1.807, 2.05) is 4.90 Å². The molecule has 0 aliphatic carbocycles. The maximum absolute atomic E-state index is 13.1.